The molecular weight excluding hydrogens is 476 g/mol. The van der Waals surface area contributed by atoms with Gasteiger partial charge in [0.25, 0.3) is 0 Å². The van der Waals surface area contributed by atoms with Crippen molar-refractivity contribution >= 4 is 37.6 Å². The lowest BCUT2D eigenvalue weighted by Crippen LogP contribution is -2.27. The summed E-state index contributed by atoms with van der Waals surface area (Å²) in [7, 11) is 0. The molecule has 1 nitrogen and oxygen atoms in total. The van der Waals surface area contributed by atoms with Gasteiger partial charge in [0, 0.05) is 11.1 Å². The quantitative estimate of drug-likeness (QED) is 0.305. The third-order valence-corrected chi connectivity index (χ3v) is 9.04. The molecular formula is C25H28Br2O. The molecule has 0 N–H and O–H groups in total. The number of alkyl halides is 2. The minimum atomic E-state index is -0.0661. The monoisotopic (exact) mass is 502 g/mol. The second kappa shape index (κ2) is 8.44. The first kappa shape index (κ1) is 20.3. The molecule has 2 fully saturated rings. The Kier molecular flexibility index (Phi) is 6.13. The van der Waals surface area contributed by atoms with E-state index in [-0.39, 0.29) is 14.4 Å². The summed E-state index contributed by atoms with van der Waals surface area (Å²) in [6, 6.07) is 16.5. The van der Waals surface area contributed by atoms with Crippen LogP contribution in [0, 0.1) is 0 Å². The van der Waals surface area contributed by atoms with E-state index in [0.29, 0.717) is 0 Å². The molecule has 3 heteroatoms. The minimum absolute atomic E-state index is 0.0661. The zero-order valence-electron chi connectivity index (χ0n) is 16.4. The summed E-state index contributed by atoms with van der Waals surface area (Å²) < 4.78 is -0.132. The Morgan fingerprint density at radius 1 is 0.607 bits per heavy atom. The lowest BCUT2D eigenvalue weighted by atomic mass is 9.78. The molecule has 0 saturated heterocycles. The van der Waals surface area contributed by atoms with Crippen molar-refractivity contribution in [2.75, 3.05) is 0 Å². The van der Waals surface area contributed by atoms with Crippen molar-refractivity contribution in [2.45, 2.75) is 72.9 Å². The van der Waals surface area contributed by atoms with Crippen LogP contribution in [0.25, 0.3) is 0 Å². The SMILES string of the molecule is O=C(c1ccccc1C1(Br)CCCCC1)c1ccccc1C1(Br)CCCCC1. The van der Waals surface area contributed by atoms with E-state index in [9.17, 15) is 4.79 Å². The van der Waals surface area contributed by atoms with E-state index >= 15 is 0 Å². The maximum atomic E-state index is 13.8. The summed E-state index contributed by atoms with van der Waals surface area (Å²) in [6.07, 6.45) is 11.8. The van der Waals surface area contributed by atoms with E-state index in [1.54, 1.807) is 0 Å². The van der Waals surface area contributed by atoms with E-state index in [0.717, 1.165) is 36.8 Å². The third-order valence-electron chi connectivity index (χ3n) is 6.60. The van der Waals surface area contributed by atoms with E-state index in [4.69, 9.17) is 0 Å². The summed E-state index contributed by atoms with van der Waals surface area (Å²) >= 11 is 8.08. The number of hydrogen-bond donors (Lipinski definition) is 0. The molecule has 2 saturated carbocycles. The fourth-order valence-electron chi connectivity index (χ4n) is 5.05. The number of halogens is 2. The lowest BCUT2D eigenvalue weighted by molar-refractivity contribution is 0.103. The molecule has 2 aliphatic rings. The van der Waals surface area contributed by atoms with Crippen molar-refractivity contribution in [1.29, 1.82) is 0 Å². The summed E-state index contributed by atoms with van der Waals surface area (Å²) in [5.41, 5.74) is 4.06. The average molecular weight is 504 g/mol. The summed E-state index contributed by atoms with van der Waals surface area (Å²) in [5.74, 6) is 0.167. The number of carbonyl (C=O) groups is 1. The second-order valence-corrected chi connectivity index (χ2v) is 11.5. The third kappa shape index (κ3) is 3.89. The van der Waals surface area contributed by atoms with Crippen LogP contribution in [-0.4, -0.2) is 5.78 Å². The van der Waals surface area contributed by atoms with Crippen LogP contribution in [0.15, 0.2) is 48.5 Å². The summed E-state index contributed by atoms with van der Waals surface area (Å²) in [6.45, 7) is 0. The first-order valence-electron chi connectivity index (χ1n) is 10.7. The first-order valence-corrected chi connectivity index (χ1v) is 12.2. The standard InChI is InChI=1S/C25H28Br2O/c26-24(15-7-1-8-16-24)21-13-5-3-11-19(21)23(28)20-12-4-6-14-22(20)25(27)17-9-2-10-18-25/h3-6,11-14H,1-2,7-10,15-18H2. The Bertz CT molecular complexity index is 776. The zero-order chi connectivity index (χ0) is 19.6. The van der Waals surface area contributed by atoms with Crippen molar-refractivity contribution < 1.29 is 4.79 Å². The largest absolute Gasteiger partial charge is 0.289 e. The molecule has 0 spiro atoms. The summed E-state index contributed by atoms with van der Waals surface area (Å²) in [5, 5.41) is 0. The van der Waals surface area contributed by atoms with Gasteiger partial charge in [0.05, 0.1) is 8.65 Å². The van der Waals surface area contributed by atoms with Gasteiger partial charge >= 0.3 is 0 Å². The van der Waals surface area contributed by atoms with Gasteiger partial charge in [-0.15, -0.1) is 0 Å². The molecule has 28 heavy (non-hydrogen) atoms. The van der Waals surface area contributed by atoms with Crippen LogP contribution in [0.1, 0.15) is 91.3 Å². The van der Waals surface area contributed by atoms with Gasteiger partial charge in [-0.05, 0) is 36.8 Å². The van der Waals surface area contributed by atoms with Gasteiger partial charge in [0.1, 0.15) is 0 Å². The Morgan fingerprint density at radius 2 is 0.964 bits per heavy atom. The van der Waals surface area contributed by atoms with Crippen molar-refractivity contribution in [2.24, 2.45) is 0 Å². The van der Waals surface area contributed by atoms with Gasteiger partial charge in [0.15, 0.2) is 5.78 Å². The predicted octanol–water partition coefficient (Wildman–Crippen LogP) is 8.03. The van der Waals surface area contributed by atoms with Gasteiger partial charge in [-0.2, -0.15) is 0 Å². The number of benzene rings is 2. The number of carbonyl (C=O) groups excluding carboxylic acids is 1. The normalized spacial score (nSPS) is 21.2. The van der Waals surface area contributed by atoms with E-state index in [2.05, 4.69) is 56.1 Å². The van der Waals surface area contributed by atoms with E-state index < -0.39 is 0 Å². The molecule has 0 amide bonds. The molecule has 0 unspecified atom stereocenters. The Labute approximate surface area is 185 Å². The predicted molar refractivity (Wildman–Crippen MR) is 124 cm³/mol. The summed E-state index contributed by atoms with van der Waals surface area (Å²) in [4.78, 5) is 13.8. The van der Waals surface area contributed by atoms with Crippen molar-refractivity contribution in [3.63, 3.8) is 0 Å². The van der Waals surface area contributed by atoms with E-state index in [1.807, 2.05) is 24.3 Å². The van der Waals surface area contributed by atoms with Crippen molar-refractivity contribution in [3.8, 4) is 0 Å². The molecule has 0 aromatic heterocycles. The number of hydrogen-bond acceptors (Lipinski definition) is 1. The molecule has 4 rings (SSSR count). The van der Waals surface area contributed by atoms with Crippen LogP contribution in [0.2, 0.25) is 0 Å². The Morgan fingerprint density at radius 3 is 1.36 bits per heavy atom. The smallest absolute Gasteiger partial charge is 0.193 e. The topological polar surface area (TPSA) is 17.1 Å². The van der Waals surface area contributed by atoms with Gasteiger partial charge in [-0.3, -0.25) is 4.79 Å². The van der Waals surface area contributed by atoms with E-state index in [1.165, 1.54) is 49.7 Å². The highest BCUT2D eigenvalue weighted by Crippen LogP contribution is 2.48. The molecule has 0 heterocycles. The Hall–Kier alpha value is -0.930. The van der Waals surface area contributed by atoms with Gasteiger partial charge in [0.2, 0.25) is 0 Å². The van der Waals surface area contributed by atoms with Gasteiger partial charge in [-0.1, -0.05) is 119 Å². The van der Waals surface area contributed by atoms with Crippen LogP contribution in [-0.2, 0) is 8.65 Å². The number of ketones is 1. The van der Waals surface area contributed by atoms with Crippen LogP contribution in [0.4, 0.5) is 0 Å². The van der Waals surface area contributed by atoms with Crippen LogP contribution in [0.3, 0.4) is 0 Å². The fourth-order valence-corrected chi connectivity index (χ4v) is 6.86. The molecule has 2 aliphatic carbocycles. The van der Waals surface area contributed by atoms with Crippen molar-refractivity contribution in [1.82, 2.24) is 0 Å². The van der Waals surface area contributed by atoms with Gasteiger partial charge < -0.3 is 0 Å². The van der Waals surface area contributed by atoms with Crippen LogP contribution in [0.5, 0.6) is 0 Å². The van der Waals surface area contributed by atoms with Crippen LogP contribution < -0.4 is 0 Å². The molecule has 2 aromatic carbocycles. The average Bonchev–Trinajstić information content (AvgIpc) is 2.74. The van der Waals surface area contributed by atoms with Gasteiger partial charge in [-0.25, -0.2) is 0 Å². The first-order chi connectivity index (χ1) is 13.5. The minimum Gasteiger partial charge on any atom is -0.289 e. The molecule has 0 atom stereocenters. The number of rotatable bonds is 4. The van der Waals surface area contributed by atoms with Crippen LogP contribution >= 0.6 is 31.9 Å². The molecule has 148 valence electrons. The van der Waals surface area contributed by atoms with Crippen molar-refractivity contribution in [3.05, 3.63) is 70.8 Å². The highest BCUT2D eigenvalue weighted by atomic mass is 79.9. The molecule has 0 aliphatic heterocycles. The lowest BCUT2D eigenvalue weighted by Gasteiger charge is -2.35. The zero-order valence-corrected chi connectivity index (χ0v) is 19.5. The second-order valence-electron chi connectivity index (χ2n) is 8.47. The fraction of sp³-hybridized carbons (Fsp3) is 0.480. The molecule has 0 radical (unpaired) electrons. The maximum absolute atomic E-state index is 13.8. The molecule has 0 bridgehead atoms. The maximum Gasteiger partial charge on any atom is 0.193 e. The highest BCUT2D eigenvalue weighted by molar-refractivity contribution is 9.09. The Balaban J connectivity index is 1.76. The molecule has 2 aromatic rings. The highest BCUT2D eigenvalue weighted by Gasteiger charge is 2.37.